The molecule has 0 bridgehead atoms. The van der Waals surface area contributed by atoms with Crippen LogP contribution in [0.25, 0.3) is 11.1 Å². The zero-order valence-electron chi connectivity index (χ0n) is 12.1. The predicted octanol–water partition coefficient (Wildman–Crippen LogP) is 5.44. The molecule has 0 spiro atoms. The van der Waals surface area contributed by atoms with Crippen LogP contribution in [0.15, 0.2) is 77.3 Å². The molecule has 0 unspecified atom stereocenters. The van der Waals surface area contributed by atoms with Gasteiger partial charge in [0.1, 0.15) is 5.75 Å². The molecule has 0 aliphatic rings. The van der Waals surface area contributed by atoms with Crippen LogP contribution in [0.3, 0.4) is 0 Å². The van der Waals surface area contributed by atoms with Gasteiger partial charge in [0.15, 0.2) is 11.5 Å². The molecule has 4 heteroatoms. The molecule has 0 amide bonds. The number of rotatable bonds is 5. The summed E-state index contributed by atoms with van der Waals surface area (Å²) >= 11 is 3.40. The minimum absolute atomic E-state index is 0.363. The second-order valence-corrected chi connectivity index (χ2v) is 5.63. The summed E-state index contributed by atoms with van der Waals surface area (Å²) in [6, 6.07) is 23.1. The first-order valence-corrected chi connectivity index (χ1v) is 7.79. The lowest BCUT2D eigenvalue weighted by Crippen LogP contribution is -1.94. The summed E-state index contributed by atoms with van der Waals surface area (Å²) < 4.78 is 11.5. The summed E-state index contributed by atoms with van der Waals surface area (Å²) in [5, 5.41) is 0. The molecule has 0 atom stereocenters. The van der Waals surface area contributed by atoms with Crippen LogP contribution in [-0.2, 0) is 4.79 Å². The van der Waals surface area contributed by atoms with Crippen molar-refractivity contribution >= 4 is 22.4 Å². The highest BCUT2D eigenvalue weighted by Crippen LogP contribution is 2.38. The van der Waals surface area contributed by atoms with Crippen molar-refractivity contribution in [1.29, 1.82) is 0 Å². The normalized spacial score (nSPS) is 10.1. The smallest absolute Gasteiger partial charge is 0.298 e. The molecule has 114 valence electrons. The molecule has 0 aliphatic heterocycles. The van der Waals surface area contributed by atoms with Crippen LogP contribution in [0.1, 0.15) is 0 Å². The third-order valence-corrected chi connectivity index (χ3v) is 3.91. The molecule has 23 heavy (non-hydrogen) atoms. The zero-order valence-corrected chi connectivity index (χ0v) is 13.7. The van der Waals surface area contributed by atoms with Crippen molar-refractivity contribution in [2.45, 2.75) is 0 Å². The van der Waals surface area contributed by atoms with Gasteiger partial charge in [-0.3, -0.25) is 4.79 Å². The lowest BCUT2D eigenvalue weighted by Gasteiger charge is -2.11. The van der Waals surface area contributed by atoms with Gasteiger partial charge >= 0.3 is 0 Å². The number of carbonyl (C=O) groups excluding carboxylic acids is 1. The summed E-state index contributed by atoms with van der Waals surface area (Å²) in [6.07, 6.45) is 0. The Balaban J connectivity index is 1.86. The molecule has 0 radical (unpaired) electrons. The van der Waals surface area contributed by atoms with Crippen molar-refractivity contribution in [2.75, 3.05) is 0 Å². The first kappa shape index (κ1) is 15.3. The first-order valence-electron chi connectivity index (χ1n) is 7.00. The van der Waals surface area contributed by atoms with Gasteiger partial charge in [-0.2, -0.15) is 0 Å². The van der Waals surface area contributed by atoms with Crippen LogP contribution in [0, 0.1) is 0 Å². The van der Waals surface area contributed by atoms with Crippen LogP contribution in [0.4, 0.5) is 0 Å². The van der Waals surface area contributed by atoms with E-state index in [1.807, 2.05) is 48.5 Å². The van der Waals surface area contributed by atoms with E-state index < -0.39 is 0 Å². The molecule has 0 heterocycles. The van der Waals surface area contributed by atoms with Gasteiger partial charge in [-0.1, -0.05) is 48.5 Å². The fourth-order valence-corrected chi connectivity index (χ4v) is 2.63. The minimum Gasteiger partial charge on any atom is -0.452 e. The number of hydrogen-bond donors (Lipinski definition) is 0. The molecule has 0 N–H and O–H groups in total. The van der Waals surface area contributed by atoms with Crippen LogP contribution < -0.4 is 9.47 Å². The fourth-order valence-electron chi connectivity index (χ4n) is 2.20. The number of para-hydroxylation sites is 1. The topological polar surface area (TPSA) is 35.5 Å². The van der Waals surface area contributed by atoms with Crippen molar-refractivity contribution in [2.24, 2.45) is 0 Å². The van der Waals surface area contributed by atoms with Gasteiger partial charge in [0, 0.05) is 0 Å². The van der Waals surface area contributed by atoms with Crippen LogP contribution >= 0.6 is 15.9 Å². The van der Waals surface area contributed by atoms with E-state index in [0.29, 0.717) is 28.2 Å². The Kier molecular flexibility index (Phi) is 4.74. The largest absolute Gasteiger partial charge is 0.452 e. The standard InChI is InChI=1S/C19H13BrO3/c20-17-7-4-8-18(22-13-21)19(17)23-16-11-9-15(10-12-16)14-5-2-1-3-6-14/h1-13H. The van der Waals surface area contributed by atoms with E-state index in [2.05, 4.69) is 28.1 Å². The third kappa shape index (κ3) is 3.60. The highest BCUT2D eigenvalue weighted by Gasteiger charge is 2.11. The molecule has 0 saturated carbocycles. The van der Waals surface area contributed by atoms with E-state index in [4.69, 9.17) is 9.47 Å². The van der Waals surface area contributed by atoms with Crippen molar-refractivity contribution < 1.29 is 14.3 Å². The zero-order chi connectivity index (χ0) is 16.1. The van der Waals surface area contributed by atoms with Gasteiger partial charge in [-0.25, -0.2) is 0 Å². The summed E-state index contributed by atoms with van der Waals surface area (Å²) in [6.45, 7) is 0.382. The number of hydrogen-bond acceptors (Lipinski definition) is 3. The van der Waals surface area contributed by atoms with Crippen molar-refractivity contribution in [3.63, 3.8) is 0 Å². The van der Waals surface area contributed by atoms with E-state index >= 15 is 0 Å². The van der Waals surface area contributed by atoms with Crippen molar-refractivity contribution in [1.82, 2.24) is 0 Å². The van der Waals surface area contributed by atoms with Gasteiger partial charge in [0.05, 0.1) is 4.47 Å². The monoisotopic (exact) mass is 368 g/mol. The highest BCUT2D eigenvalue weighted by atomic mass is 79.9. The molecule has 3 aromatic rings. The number of halogens is 1. The van der Waals surface area contributed by atoms with Gasteiger partial charge < -0.3 is 9.47 Å². The second kappa shape index (κ2) is 7.11. The van der Waals surface area contributed by atoms with Gasteiger partial charge in [-0.05, 0) is 51.3 Å². The van der Waals surface area contributed by atoms with Crippen molar-refractivity contribution in [3.8, 4) is 28.4 Å². The lowest BCUT2D eigenvalue weighted by atomic mass is 10.1. The van der Waals surface area contributed by atoms with E-state index in [9.17, 15) is 4.79 Å². The maximum absolute atomic E-state index is 10.6. The molecule has 3 nitrogen and oxygen atoms in total. The predicted molar refractivity (Wildman–Crippen MR) is 92.8 cm³/mol. The van der Waals surface area contributed by atoms with Gasteiger partial charge in [-0.15, -0.1) is 0 Å². The third-order valence-electron chi connectivity index (χ3n) is 3.29. The summed E-state index contributed by atoms with van der Waals surface area (Å²) in [5.41, 5.74) is 2.25. The maximum atomic E-state index is 10.6. The minimum atomic E-state index is 0.363. The average molecular weight is 369 g/mol. The highest BCUT2D eigenvalue weighted by molar-refractivity contribution is 9.10. The quantitative estimate of drug-likeness (QED) is 0.562. The Bertz CT molecular complexity index is 799. The van der Waals surface area contributed by atoms with Crippen molar-refractivity contribution in [3.05, 3.63) is 77.3 Å². The molecule has 3 aromatic carbocycles. The summed E-state index contributed by atoms with van der Waals surface area (Å²) in [5.74, 6) is 1.49. The SMILES string of the molecule is O=COc1cccc(Br)c1Oc1ccc(-c2ccccc2)cc1. The maximum Gasteiger partial charge on any atom is 0.298 e. The van der Waals surface area contributed by atoms with E-state index in [1.54, 1.807) is 12.1 Å². The Labute approximate surface area is 142 Å². The molecule has 3 rings (SSSR count). The average Bonchev–Trinajstić information content (AvgIpc) is 2.60. The number of ether oxygens (including phenoxy) is 2. The Morgan fingerprint density at radius 3 is 2.17 bits per heavy atom. The molecule has 0 fully saturated rings. The van der Waals surface area contributed by atoms with Crippen LogP contribution in [0.5, 0.6) is 17.2 Å². The molecular formula is C19H13BrO3. The molecule has 0 aromatic heterocycles. The molecular weight excluding hydrogens is 356 g/mol. The Morgan fingerprint density at radius 1 is 0.783 bits per heavy atom. The first-order chi connectivity index (χ1) is 11.3. The summed E-state index contributed by atoms with van der Waals surface area (Å²) in [7, 11) is 0. The molecule has 0 saturated heterocycles. The van der Waals surface area contributed by atoms with Crippen LogP contribution in [-0.4, -0.2) is 6.47 Å². The lowest BCUT2D eigenvalue weighted by molar-refractivity contribution is -0.120. The van der Waals surface area contributed by atoms with E-state index in [0.717, 1.165) is 11.1 Å². The van der Waals surface area contributed by atoms with E-state index in [-0.39, 0.29) is 0 Å². The molecule has 0 aliphatic carbocycles. The second-order valence-electron chi connectivity index (χ2n) is 4.77. The van der Waals surface area contributed by atoms with Crippen LogP contribution in [0.2, 0.25) is 0 Å². The number of carbonyl (C=O) groups is 1. The van der Waals surface area contributed by atoms with E-state index in [1.165, 1.54) is 0 Å². The fraction of sp³-hybridized carbons (Fsp3) is 0. The Hall–Kier alpha value is -2.59. The summed E-state index contributed by atoms with van der Waals surface area (Å²) in [4.78, 5) is 10.6. The number of benzene rings is 3. The Morgan fingerprint density at radius 2 is 1.48 bits per heavy atom. The van der Waals surface area contributed by atoms with Gasteiger partial charge in [0.25, 0.3) is 6.47 Å². The van der Waals surface area contributed by atoms with Gasteiger partial charge in [0.2, 0.25) is 0 Å².